The molecule has 154 valence electrons. The predicted molar refractivity (Wildman–Crippen MR) is 115 cm³/mol. The summed E-state index contributed by atoms with van der Waals surface area (Å²) in [5, 5.41) is 0.435. The number of benzene rings is 2. The Morgan fingerprint density at radius 3 is 2.69 bits per heavy atom. The number of piperidine rings is 1. The predicted octanol–water partition coefficient (Wildman–Crippen LogP) is 4.37. The topological polar surface area (TPSA) is 57.7 Å². The number of carbonyl (C=O) groups is 1. The Morgan fingerprint density at radius 2 is 1.90 bits per heavy atom. The number of nitrogens with zero attached hydrogens (tertiary/aromatic N) is 2. The molecular weight excluding hydrogens is 431 g/mol. The van der Waals surface area contributed by atoms with Crippen LogP contribution in [0.15, 0.2) is 47.4 Å². The summed E-state index contributed by atoms with van der Waals surface area (Å²) in [5.74, 6) is -0.398. The maximum Gasteiger partial charge on any atom is 0.244 e. The van der Waals surface area contributed by atoms with Gasteiger partial charge in [-0.05, 0) is 56.0 Å². The van der Waals surface area contributed by atoms with Crippen LogP contribution in [-0.2, 0) is 21.2 Å². The van der Waals surface area contributed by atoms with Crippen LogP contribution in [0.2, 0.25) is 10.0 Å². The molecule has 0 unspecified atom stereocenters. The van der Waals surface area contributed by atoms with E-state index >= 15 is 0 Å². The van der Waals surface area contributed by atoms with Crippen molar-refractivity contribution in [3.05, 3.63) is 58.1 Å². The number of fused-ring (bicyclic) bond motifs is 1. The van der Waals surface area contributed by atoms with E-state index in [-0.39, 0.29) is 34.3 Å². The second-order valence-electron chi connectivity index (χ2n) is 7.67. The van der Waals surface area contributed by atoms with Crippen LogP contribution in [0, 0.1) is 5.92 Å². The van der Waals surface area contributed by atoms with Gasteiger partial charge in [-0.2, -0.15) is 4.31 Å². The first-order valence-corrected chi connectivity index (χ1v) is 11.8. The number of hydrogen-bond donors (Lipinski definition) is 0. The van der Waals surface area contributed by atoms with Gasteiger partial charge in [-0.15, -0.1) is 0 Å². The van der Waals surface area contributed by atoms with Gasteiger partial charge in [-0.1, -0.05) is 41.4 Å². The van der Waals surface area contributed by atoms with Crippen LogP contribution in [-0.4, -0.2) is 37.8 Å². The van der Waals surface area contributed by atoms with Gasteiger partial charge in [0.2, 0.25) is 15.9 Å². The highest BCUT2D eigenvalue weighted by Crippen LogP contribution is 2.35. The molecule has 2 aromatic carbocycles. The lowest BCUT2D eigenvalue weighted by atomic mass is 9.97. The molecule has 4 rings (SSSR count). The molecule has 8 heteroatoms. The normalized spacial score (nSPS) is 22.5. The number of amides is 1. The van der Waals surface area contributed by atoms with E-state index in [1.807, 2.05) is 36.1 Å². The van der Waals surface area contributed by atoms with E-state index in [9.17, 15) is 13.2 Å². The third-order valence-corrected chi connectivity index (χ3v) is 8.27. The molecule has 0 N–H and O–H groups in total. The monoisotopic (exact) mass is 452 g/mol. The van der Waals surface area contributed by atoms with Gasteiger partial charge < -0.3 is 4.90 Å². The summed E-state index contributed by atoms with van der Waals surface area (Å²) in [6.07, 6.45) is 2.10. The number of rotatable bonds is 3. The van der Waals surface area contributed by atoms with E-state index in [4.69, 9.17) is 23.2 Å². The molecule has 1 amide bonds. The second-order valence-corrected chi connectivity index (χ2v) is 10.4. The van der Waals surface area contributed by atoms with Crippen LogP contribution in [0.4, 0.5) is 5.69 Å². The van der Waals surface area contributed by atoms with Gasteiger partial charge >= 0.3 is 0 Å². The highest BCUT2D eigenvalue weighted by Gasteiger charge is 2.39. The van der Waals surface area contributed by atoms with Crippen molar-refractivity contribution in [2.75, 3.05) is 18.0 Å². The van der Waals surface area contributed by atoms with Crippen molar-refractivity contribution in [1.82, 2.24) is 4.31 Å². The fourth-order valence-electron chi connectivity index (χ4n) is 4.27. The maximum atomic E-state index is 13.4. The highest BCUT2D eigenvalue weighted by atomic mass is 35.5. The number of hydrogen-bond acceptors (Lipinski definition) is 3. The fourth-order valence-corrected chi connectivity index (χ4v) is 6.54. The molecule has 0 aliphatic carbocycles. The molecule has 29 heavy (non-hydrogen) atoms. The Bertz CT molecular complexity index is 1060. The van der Waals surface area contributed by atoms with Crippen LogP contribution in [0.3, 0.4) is 0 Å². The molecule has 0 radical (unpaired) electrons. The molecule has 0 saturated carbocycles. The minimum Gasteiger partial charge on any atom is -0.309 e. The zero-order valence-corrected chi connectivity index (χ0v) is 18.3. The summed E-state index contributed by atoms with van der Waals surface area (Å²) >= 11 is 12.1. The van der Waals surface area contributed by atoms with Gasteiger partial charge in [-0.25, -0.2) is 8.42 Å². The Hall–Kier alpha value is -1.60. The minimum atomic E-state index is -3.83. The molecule has 0 aromatic heterocycles. The summed E-state index contributed by atoms with van der Waals surface area (Å²) in [5.41, 5.74) is 2.09. The van der Waals surface area contributed by atoms with Crippen LogP contribution >= 0.6 is 23.2 Å². The zero-order chi connectivity index (χ0) is 20.8. The van der Waals surface area contributed by atoms with Crippen molar-refractivity contribution in [1.29, 1.82) is 0 Å². The van der Waals surface area contributed by atoms with Crippen molar-refractivity contribution in [3.63, 3.8) is 0 Å². The van der Waals surface area contributed by atoms with Crippen molar-refractivity contribution in [3.8, 4) is 0 Å². The fraction of sp³-hybridized carbons (Fsp3) is 0.381. The molecule has 1 fully saturated rings. The molecule has 2 atom stereocenters. The lowest BCUT2D eigenvalue weighted by Gasteiger charge is -2.34. The number of para-hydroxylation sites is 1. The van der Waals surface area contributed by atoms with Crippen molar-refractivity contribution < 1.29 is 13.2 Å². The van der Waals surface area contributed by atoms with Crippen LogP contribution in [0.1, 0.15) is 25.3 Å². The molecule has 2 aliphatic rings. The molecule has 2 aromatic rings. The van der Waals surface area contributed by atoms with Gasteiger partial charge in [0.25, 0.3) is 0 Å². The van der Waals surface area contributed by atoms with Crippen molar-refractivity contribution >= 4 is 44.8 Å². The summed E-state index contributed by atoms with van der Waals surface area (Å²) in [7, 11) is -3.83. The van der Waals surface area contributed by atoms with Gasteiger partial charge in [0.1, 0.15) is 4.90 Å². The van der Waals surface area contributed by atoms with E-state index < -0.39 is 10.0 Å². The van der Waals surface area contributed by atoms with E-state index in [0.29, 0.717) is 24.4 Å². The molecule has 5 nitrogen and oxygen atoms in total. The van der Waals surface area contributed by atoms with Gasteiger partial charge in [0, 0.05) is 29.8 Å². The largest absolute Gasteiger partial charge is 0.309 e. The smallest absolute Gasteiger partial charge is 0.244 e. The summed E-state index contributed by atoms with van der Waals surface area (Å²) in [4.78, 5) is 15.2. The number of carbonyl (C=O) groups excluding carboxylic acids is 1. The van der Waals surface area contributed by atoms with Gasteiger partial charge in [-0.3, -0.25) is 4.79 Å². The quantitative estimate of drug-likeness (QED) is 0.694. The van der Waals surface area contributed by atoms with Gasteiger partial charge in [0.15, 0.2) is 0 Å². The number of sulfonamides is 1. The number of halogens is 2. The minimum absolute atomic E-state index is 0.0142. The molecule has 2 heterocycles. The summed E-state index contributed by atoms with van der Waals surface area (Å²) < 4.78 is 27.7. The summed E-state index contributed by atoms with van der Waals surface area (Å²) in [6, 6.07) is 12.4. The Labute approximate surface area is 181 Å². The molecule has 0 spiro atoms. The van der Waals surface area contributed by atoms with Gasteiger partial charge in [0.05, 0.1) is 10.9 Å². The first-order valence-electron chi connectivity index (χ1n) is 9.65. The Balaban J connectivity index is 1.59. The van der Waals surface area contributed by atoms with Crippen LogP contribution in [0.5, 0.6) is 0 Å². The molecule has 2 aliphatic heterocycles. The average Bonchev–Trinajstić information content (AvgIpc) is 3.05. The Morgan fingerprint density at radius 1 is 1.14 bits per heavy atom. The van der Waals surface area contributed by atoms with Crippen LogP contribution < -0.4 is 4.90 Å². The molecular formula is C21H22Cl2N2O3S. The second kappa shape index (κ2) is 7.91. The Kier molecular flexibility index (Phi) is 5.64. The van der Waals surface area contributed by atoms with E-state index in [0.717, 1.165) is 17.7 Å². The maximum absolute atomic E-state index is 13.4. The molecule has 1 saturated heterocycles. The third kappa shape index (κ3) is 3.79. The lowest BCUT2D eigenvalue weighted by molar-refractivity contribution is -0.123. The zero-order valence-electron chi connectivity index (χ0n) is 16.0. The first-order chi connectivity index (χ1) is 13.8. The van der Waals surface area contributed by atoms with E-state index in [1.165, 1.54) is 16.4 Å². The van der Waals surface area contributed by atoms with Crippen molar-refractivity contribution in [2.45, 2.75) is 37.1 Å². The lowest BCUT2D eigenvalue weighted by Crippen LogP contribution is -2.48. The van der Waals surface area contributed by atoms with E-state index in [1.54, 1.807) is 6.07 Å². The standard InChI is InChI=1S/C21H22Cl2N2O3S/c1-14-11-15-5-2-3-7-19(15)25(14)21(26)16-6-4-10-24(13-16)29(27,28)20-12-17(22)8-9-18(20)23/h2-3,5,7-9,12,14,16H,4,6,10-11,13H2,1H3/t14-,16-/m0/s1. The average molecular weight is 453 g/mol. The first kappa shape index (κ1) is 20.7. The van der Waals surface area contributed by atoms with Crippen molar-refractivity contribution in [2.24, 2.45) is 5.92 Å². The highest BCUT2D eigenvalue weighted by molar-refractivity contribution is 7.89. The number of anilines is 1. The summed E-state index contributed by atoms with van der Waals surface area (Å²) in [6.45, 7) is 2.54. The molecule has 0 bridgehead atoms. The van der Waals surface area contributed by atoms with Crippen LogP contribution in [0.25, 0.3) is 0 Å². The SMILES string of the molecule is C[C@H]1Cc2ccccc2N1C(=O)[C@H]1CCCN(S(=O)(=O)c2cc(Cl)ccc2Cl)C1. The van der Waals surface area contributed by atoms with E-state index in [2.05, 4.69) is 0 Å². The third-order valence-electron chi connectivity index (χ3n) is 5.69.